The minimum Gasteiger partial charge on any atom is -0.496 e. The number of hydrogen-bond acceptors (Lipinski definition) is 3. The van der Waals surface area contributed by atoms with Crippen molar-refractivity contribution in [3.8, 4) is 5.75 Å². The Balaban J connectivity index is 2.53. The Kier molecular flexibility index (Phi) is 6.63. The fourth-order valence-corrected chi connectivity index (χ4v) is 2.31. The minimum atomic E-state index is 0.164. The molecule has 0 saturated heterocycles. The zero-order valence-electron chi connectivity index (χ0n) is 12.0. The van der Waals surface area contributed by atoms with Gasteiger partial charge in [-0.1, -0.05) is 31.5 Å². The molecule has 0 saturated carbocycles. The molecule has 108 valence electrons. The summed E-state index contributed by atoms with van der Waals surface area (Å²) in [6.45, 7) is 6.20. The summed E-state index contributed by atoms with van der Waals surface area (Å²) >= 11 is 6.19. The summed E-state index contributed by atoms with van der Waals surface area (Å²) < 4.78 is 5.32. The Morgan fingerprint density at radius 1 is 1.37 bits per heavy atom. The molecule has 0 aromatic heterocycles. The smallest absolute Gasteiger partial charge is 0.124 e. The van der Waals surface area contributed by atoms with Gasteiger partial charge < -0.3 is 15.2 Å². The van der Waals surface area contributed by atoms with Crippen LogP contribution in [0.25, 0.3) is 0 Å². The molecule has 0 radical (unpaired) electrons. The van der Waals surface area contributed by atoms with Gasteiger partial charge in [0.2, 0.25) is 0 Å². The first-order chi connectivity index (χ1) is 9.00. The predicted octanol–water partition coefficient (Wildman–Crippen LogP) is 3.24. The molecule has 0 atom stereocenters. The van der Waals surface area contributed by atoms with Crippen LogP contribution in [0.1, 0.15) is 32.3 Å². The van der Waals surface area contributed by atoms with Gasteiger partial charge in [-0.05, 0) is 30.4 Å². The van der Waals surface area contributed by atoms with Crippen molar-refractivity contribution in [1.82, 2.24) is 5.32 Å². The average Bonchev–Trinajstić information content (AvgIpc) is 2.38. The Morgan fingerprint density at radius 2 is 2.11 bits per heavy atom. The van der Waals surface area contributed by atoms with E-state index >= 15 is 0 Å². The van der Waals surface area contributed by atoms with E-state index < -0.39 is 0 Å². The first-order valence-electron chi connectivity index (χ1n) is 6.63. The number of aliphatic hydroxyl groups is 1. The third-order valence-corrected chi connectivity index (χ3v) is 3.57. The van der Waals surface area contributed by atoms with Crippen LogP contribution >= 0.6 is 11.6 Å². The van der Waals surface area contributed by atoms with Crippen LogP contribution in [0.5, 0.6) is 5.75 Å². The summed E-state index contributed by atoms with van der Waals surface area (Å²) in [4.78, 5) is 0. The molecule has 0 unspecified atom stereocenters. The van der Waals surface area contributed by atoms with Crippen molar-refractivity contribution in [2.45, 2.75) is 33.2 Å². The van der Waals surface area contributed by atoms with E-state index in [1.54, 1.807) is 7.11 Å². The lowest BCUT2D eigenvalue weighted by atomic mass is 9.88. The highest BCUT2D eigenvalue weighted by molar-refractivity contribution is 6.31. The zero-order valence-corrected chi connectivity index (χ0v) is 12.8. The topological polar surface area (TPSA) is 41.5 Å². The Morgan fingerprint density at radius 3 is 2.74 bits per heavy atom. The Labute approximate surface area is 120 Å². The van der Waals surface area contributed by atoms with Gasteiger partial charge in [-0.25, -0.2) is 0 Å². The molecule has 19 heavy (non-hydrogen) atoms. The summed E-state index contributed by atoms with van der Waals surface area (Å²) in [5.41, 5.74) is 1.15. The van der Waals surface area contributed by atoms with E-state index in [4.69, 9.17) is 21.4 Å². The van der Waals surface area contributed by atoms with Gasteiger partial charge in [0.25, 0.3) is 0 Å². The highest BCUT2D eigenvalue weighted by Gasteiger charge is 2.17. The van der Waals surface area contributed by atoms with Crippen molar-refractivity contribution in [3.05, 3.63) is 28.8 Å². The van der Waals surface area contributed by atoms with Crippen LogP contribution < -0.4 is 10.1 Å². The molecule has 3 nitrogen and oxygen atoms in total. The molecule has 0 aliphatic rings. The van der Waals surface area contributed by atoms with E-state index in [1.807, 2.05) is 18.2 Å². The number of benzene rings is 1. The molecule has 0 heterocycles. The fourth-order valence-electron chi connectivity index (χ4n) is 2.07. The van der Waals surface area contributed by atoms with Gasteiger partial charge in [0.05, 0.1) is 7.11 Å². The lowest BCUT2D eigenvalue weighted by Gasteiger charge is -2.25. The first-order valence-corrected chi connectivity index (χ1v) is 7.01. The molecule has 4 heteroatoms. The lowest BCUT2D eigenvalue weighted by Crippen LogP contribution is -2.29. The van der Waals surface area contributed by atoms with Gasteiger partial charge in [-0.3, -0.25) is 0 Å². The average molecular weight is 286 g/mol. The van der Waals surface area contributed by atoms with Gasteiger partial charge in [0.15, 0.2) is 0 Å². The summed E-state index contributed by atoms with van der Waals surface area (Å²) in [7, 11) is 1.65. The minimum absolute atomic E-state index is 0.164. The van der Waals surface area contributed by atoms with E-state index in [-0.39, 0.29) is 12.0 Å². The van der Waals surface area contributed by atoms with Crippen LogP contribution in [0.15, 0.2) is 18.2 Å². The lowest BCUT2D eigenvalue weighted by molar-refractivity contribution is 0.236. The van der Waals surface area contributed by atoms with Crippen molar-refractivity contribution in [2.24, 2.45) is 5.41 Å². The highest BCUT2D eigenvalue weighted by atomic mass is 35.5. The predicted molar refractivity (Wildman–Crippen MR) is 79.8 cm³/mol. The second-order valence-electron chi connectivity index (χ2n) is 5.52. The molecule has 1 rings (SSSR count). The number of ether oxygens (including phenoxy) is 1. The van der Waals surface area contributed by atoms with Crippen molar-refractivity contribution < 1.29 is 9.84 Å². The maximum absolute atomic E-state index is 8.88. The molecule has 1 aromatic carbocycles. The van der Waals surface area contributed by atoms with Gasteiger partial charge in [-0.2, -0.15) is 0 Å². The van der Waals surface area contributed by atoms with E-state index in [9.17, 15) is 0 Å². The molecular weight excluding hydrogens is 262 g/mol. The second kappa shape index (κ2) is 7.73. The molecule has 0 aliphatic carbocycles. The van der Waals surface area contributed by atoms with Crippen molar-refractivity contribution in [3.63, 3.8) is 0 Å². The normalized spacial score (nSPS) is 11.6. The quantitative estimate of drug-likeness (QED) is 0.770. The van der Waals surface area contributed by atoms with E-state index in [0.717, 1.165) is 35.7 Å². The standard InChI is InChI=1S/C15H24ClNO2/c1-15(2,8-5-9-18)11-17-10-12-13(16)6-4-7-14(12)19-3/h4,6-7,17-18H,5,8-11H2,1-3H3. The fraction of sp³-hybridized carbons (Fsp3) is 0.600. The van der Waals surface area contributed by atoms with Crippen LogP contribution in [0, 0.1) is 5.41 Å². The van der Waals surface area contributed by atoms with Gasteiger partial charge in [0, 0.05) is 30.3 Å². The van der Waals surface area contributed by atoms with Crippen LogP contribution in [0.2, 0.25) is 5.02 Å². The summed E-state index contributed by atoms with van der Waals surface area (Å²) in [6, 6.07) is 5.67. The van der Waals surface area contributed by atoms with Gasteiger partial charge in [0.1, 0.15) is 5.75 Å². The molecule has 0 fully saturated rings. The molecule has 2 N–H and O–H groups in total. The van der Waals surface area contributed by atoms with Crippen molar-refractivity contribution in [1.29, 1.82) is 0 Å². The second-order valence-corrected chi connectivity index (χ2v) is 5.92. The summed E-state index contributed by atoms with van der Waals surface area (Å²) in [6.07, 6.45) is 1.83. The van der Waals surface area contributed by atoms with E-state index in [2.05, 4.69) is 19.2 Å². The molecule has 0 amide bonds. The maximum atomic E-state index is 8.88. The third kappa shape index (κ3) is 5.39. The molecule has 0 aliphatic heterocycles. The van der Waals surface area contributed by atoms with Crippen LogP contribution in [0.3, 0.4) is 0 Å². The zero-order chi connectivity index (χ0) is 14.3. The number of rotatable bonds is 8. The molecule has 0 bridgehead atoms. The van der Waals surface area contributed by atoms with Crippen molar-refractivity contribution >= 4 is 11.6 Å². The number of halogens is 1. The summed E-state index contributed by atoms with van der Waals surface area (Å²) in [5, 5.41) is 13.0. The maximum Gasteiger partial charge on any atom is 0.124 e. The largest absolute Gasteiger partial charge is 0.496 e. The van der Waals surface area contributed by atoms with Crippen molar-refractivity contribution in [2.75, 3.05) is 20.3 Å². The van der Waals surface area contributed by atoms with Crippen LogP contribution in [-0.2, 0) is 6.54 Å². The highest BCUT2D eigenvalue weighted by Crippen LogP contribution is 2.26. The Hall–Kier alpha value is -0.770. The third-order valence-electron chi connectivity index (χ3n) is 3.21. The molecule has 1 aromatic rings. The SMILES string of the molecule is COc1cccc(Cl)c1CNCC(C)(C)CCCO. The van der Waals surface area contributed by atoms with Gasteiger partial charge in [-0.15, -0.1) is 0 Å². The van der Waals surface area contributed by atoms with E-state index in [0.29, 0.717) is 6.54 Å². The Bertz CT molecular complexity index is 394. The molecular formula is C15H24ClNO2. The number of aliphatic hydroxyl groups excluding tert-OH is 1. The monoisotopic (exact) mass is 285 g/mol. The van der Waals surface area contributed by atoms with Crippen LogP contribution in [-0.4, -0.2) is 25.4 Å². The number of nitrogens with one attached hydrogen (secondary N) is 1. The van der Waals surface area contributed by atoms with E-state index in [1.165, 1.54) is 0 Å². The molecule has 0 spiro atoms. The number of hydrogen-bond donors (Lipinski definition) is 2. The van der Waals surface area contributed by atoms with Gasteiger partial charge >= 0.3 is 0 Å². The number of methoxy groups -OCH3 is 1. The first kappa shape index (κ1) is 16.3. The summed E-state index contributed by atoms with van der Waals surface area (Å²) in [5.74, 6) is 0.813. The van der Waals surface area contributed by atoms with Crippen LogP contribution in [0.4, 0.5) is 0 Å².